The van der Waals surface area contributed by atoms with Crippen molar-refractivity contribution in [1.82, 2.24) is 20.1 Å². The van der Waals surface area contributed by atoms with Gasteiger partial charge in [0, 0.05) is 31.6 Å². The fourth-order valence-corrected chi connectivity index (χ4v) is 3.83. The van der Waals surface area contributed by atoms with Gasteiger partial charge in [0.1, 0.15) is 5.01 Å². The molecule has 1 unspecified atom stereocenters. The zero-order valence-corrected chi connectivity index (χ0v) is 19.2. The third kappa shape index (κ3) is 7.37. The van der Waals surface area contributed by atoms with E-state index in [1.54, 1.807) is 0 Å². The monoisotopic (exact) mass is 519 g/mol. The zero-order chi connectivity index (χ0) is 19.2. The van der Waals surface area contributed by atoms with Crippen molar-refractivity contribution in [3.63, 3.8) is 0 Å². The molecule has 0 aliphatic carbocycles. The molecule has 1 fully saturated rings. The van der Waals surface area contributed by atoms with E-state index in [1.807, 2.05) is 6.92 Å². The Morgan fingerprint density at radius 2 is 2.07 bits per heavy atom. The first kappa shape index (κ1) is 24.4. The molecule has 0 radical (unpaired) electrons. The van der Waals surface area contributed by atoms with Gasteiger partial charge in [0.05, 0.1) is 6.54 Å². The molecule has 2 rings (SSSR count). The summed E-state index contributed by atoms with van der Waals surface area (Å²) in [5.74, 6) is 1.36. The number of nitrogens with zero attached hydrogens (tertiary/aromatic N) is 4. The van der Waals surface area contributed by atoms with Crippen LogP contribution in [0.3, 0.4) is 0 Å². The molecule has 10 heteroatoms. The average molecular weight is 519 g/mol. The molecule has 0 saturated carbocycles. The van der Waals surface area contributed by atoms with E-state index in [2.05, 4.69) is 38.9 Å². The van der Waals surface area contributed by atoms with E-state index < -0.39 is 11.9 Å². The van der Waals surface area contributed by atoms with Crippen LogP contribution in [0.5, 0.6) is 0 Å². The standard InChI is InChI=1S/C17H28F3N5S.HI/c1-4-21-16(22-9-15-23-14(12-26-15)17(18,19)20)25-8-7-13(11-25)10-24(5-2)6-3;/h12-13H,4-11H2,1-3H3,(H,21,22);1H. The van der Waals surface area contributed by atoms with E-state index in [0.717, 1.165) is 68.4 Å². The van der Waals surface area contributed by atoms with Crippen molar-refractivity contribution in [1.29, 1.82) is 0 Å². The van der Waals surface area contributed by atoms with Gasteiger partial charge >= 0.3 is 6.18 Å². The molecule has 1 aromatic rings. The van der Waals surface area contributed by atoms with E-state index in [4.69, 9.17) is 0 Å². The number of alkyl halides is 3. The van der Waals surface area contributed by atoms with Crippen molar-refractivity contribution >= 4 is 41.3 Å². The first-order chi connectivity index (χ1) is 12.4. The van der Waals surface area contributed by atoms with E-state index in [-0.39, 0.29) is 30.5 Å². The highest BCUT2D eigenvalue weighted by molar-refractivity contribution is 14.0. The van der Waals surface area contributed by atoms with Gasteiger partial charge < -0.3 is 15.1 Å². The van der Waals surface area contributed by atoms with Gasteiger partial charge in [-0.2, -0.15) is 13.2 Å². The molecule has 0 aromatic carbocycles. The van der Waals surface area contributed by atoms with Gasteiger partial charge in [-0.25, -0.2) is 9.98 Å². The predicted molar refractivity (Wildman–Crippen MR) is 115 cm³/mol. The quantitative estimate of drug-likeness (QED) is 0.337. The molecule has 1 atom stereocenters. The van der Waals surface area contributed by atoms with Crippen LogP contribution in [-0.2, 0) is 12.7 Å². The van der Waals surface area contributed by atoms with Gasteiger partial charge in [-0.3, -0.25) is 0 Å². The van der Waals surface area contributed by atoms with Crippen LogP contribution in [0.1, 0.15) is 37.9 Å². The first-order valence-corrected chi connectivity index (χ1v) is 10.0. The zero-order valence-electron chi connectivity index (χ0n) is 16.1. The lowest BCUT2D eigenvalue weighted by molar-refractivity contribution is -0.140. The number of guanidine groups is 1. The smallest absolute Gasteiger partial charge is 0.357 e. The van der Waals surface area contributed by atoms with E-state index in [9.17, 15) is 13.2 Å². The molecule has 1 N–H and O–H groups in total. The van der Waals surface area contributed by atoms with E-state index in [0.29, 0.717) is 10.9 Å². The van der Waals surface area contributed by atoms with Crippen LogP contribution < -0.4 is 5.32 Å². The lowest BCUT2D eigenvalue weighted by Gasteiger charge is -2.24. The van der Waals surface area contributed by atoms with Crippen LogP contribution >= 0.6 is 35.3 Å². The molecule has 1 aliphatic heterocycles. The maximum Gasteiger partial charge on any atom is 0.434 e. The van der Waals surface area contributed by atoms with Gasteiger partial charge in [0.25, 0.3) is 0 Å². The van der Waals surface area contributed by atoms with Crippen LogP contribution in [0.4, 0.5) is 13.2 Å². The number of hydrogen-bond acceptors (Lipinski definition) is 4. The van der Waals surface area contributed by atoms with Crippen molar-refractivity contribution in [3.05, 3.63) is 16.1 Å². The topological polar surface area (TPSA) is 43.8 Å². The molecule has 1 saturated heterocycles. The second-order valence-electron chi connectivity index (χ2n) is 6.38. The summed E-state index contributed by atoms with van der Waals surface area (Å²) >= 11 is 1.00. The number of halogens is 4. The van der Waals surface area contributed by atoms with Crippen molar-refractivity contribution in [3.8, 4) is 0 Å². The summed E-state index contributed by atoms with van der Waals surface area (Å²) in [7, 11) is 0. The lowest BCUT2D eigenvalue weighted by atomic mass is 10.1. The average Bonchev–Trinajstić information content (AvgIpc) is 3.25. The highest BCUT2D eigenvalue weighted by Gasteiger charge is 2.33. The summed E-state index contributed by atoms with van der Waals surface area (Å²) in [4.78, 5) is 12.8. The first-order valence-electron chi connectivity index (χ1n) is 9.14. The maximum absolute atomic E-state index is 12.7. The Balaban J connectivity index is 0.00000364. The van der Waals surface area contributed by atoms with E-state index >= 15 is 0 Å². The second kappa shape index (κ2) is 11.4. The Kier molecular flexibility index (Phi) is 10.3. The van der Waals surface area contributed by atoms with Crippen molar-refractivity contribution in [2.24, 2.45) is 10.9 Å². The van der Waals surface area contributed by atoms with Crippen LogP contribution in [0.25, 0.3) is 0 Å². The summed E-state index contributed by atoms with van der Waals surface area (Å²) in [6.07, 6.45) is -3.29. The Labute approximate surface area is 180 Å². The molecule has 2 heterocycles. The van der Waals surface area contributed by atoms with Crippen molar-refractivity contribution < 1.29 is 13.2 Å². The summed E-state index contributed by atoms with van der Waals surface area (Å²) in [6, 6.07) is 0. The molecule has 156 valence electrons. The van der Waals surface area contributed by atoms with Gasteiger partial charge in [-0.1, -0.05) is 13.8 Å². The molecular weight excluding hydrogens is 490 g/mol. The van der Waals surface area contributed by atoms with Crippen LogP contribution in [0.15, 0.2) is 10.4 Å². The number of aromatic nitrogens is 1. The maximum atomic E-state index is 12.7. The van der Waals surface area contributed by atoms with Crippen LogP contribution in [0, 0.1) is 5.92 Å². The number of rotatable bonds is 7. The minimum atomic E-state index is -4.39. The predicted octanol–water partition coefficient (Wildman–Crippen LogP) is 3.91. The van der Waals surface area contributed by atoms with Crippen molar-refractivity contribution in [2.75, 3.05) is 39.3 Å². The summed E-state index contributed by atoms with van der Waals surface area (Å²) in [5, 5.41) is 4.68. The van der Waals surface area contributed by atoms with Crippen LogP contribution in [-0.4, -0.2) is 60.0 Å². The minimum absolute atomic E-state index is 0. The Bertz CT molecular complexity index is 589. The largest absolute Gasteiger partial charge is 0.434 e. The van der Waals surface area contributed by atoms with Gasteiger partial charge in [0.15, 0.2) is 11.7 Å². The highest BCUT2D eigenvalue weighted by Crippen LogP contribution is 2.30. The SMILES string of the molecule is CCNC(=NCc1nc(C(F)(F)F)cs1)N1CCC(CN(CC)CC)C1.I. The molecule has 1 aromatic heterocycles. The van der Waals surface area contributed by atoms with Gasteiger partial charge in [-0.15, -0.1) is 35.3 Å². The third-order valence-corrected chi connectivity index (χ3v) is 5.37. The molecular formula is C17H29F3IN5S. The molecule has 27 heavy (non-hydrogen) atoms. The minimum Gasteiger partial charge on any atom is -0.357 e. The van der Waals surface area contributed by atoms with Gasteiger partial charge in [-0.05, 0) is 32.4 Å². The number of hydrogen-bond donors (Lipinski definition) is 1. The number of aliphatic imine (C=N–C) groups is 1. The number of likely N-dealkylation sites (tertiary alicyclic amines) is 1. The van der Waals surface area contributed by atoms with Crippen molar-refractivity contribution in [2.45, 2.75) is 39.9 Å². The molecule has 0 spiro atoms. The van der Waals surface area contributed by atoms with Gasteiger partial charge in [0.2, 0.25) is 0 Å². The van der Waals surface area contributed by atoms with E-state index in [1.165, 1.54) is 0 Å². The summed E-state index contributed by atoms with van der Waals surface area (Å²) in [6.45, 7) is 12.2. The summed E-state index contributed by atoms with van der Waals surface area (Å²) in [5.41, 5.74) is -0.835. The third-order valence-electron chi connectivity index (χ3n) is 4.54. The number of nitrogens with one attached hydrogen (secondary N) is 1. The fraction of sp³-hybridized carbons (Fsp3) is 0.765. The normalized spacial score (nSPS) is 18.1. The summed E-state index contributed by atoms with van der Waals surface area (Å²) < 4.78 is 38.0. The Morgan fingerprint density at radius 3 is 2.63 bits per heavy atom. The highest BCUT2D eigenvalue weighted by atomic mass is 127. The molecule has 5 nitrogen and oxygen atoms in total. The Morgan fingerprint density at radius 1 is 1.37 bits per heavy atom. The second-order valence-corrected chi connectivity index (χ2v) is 7.32. The number of thiazole rings is 1. The molecule has 1 aliphatic rings. The van der Waals surface area contributed by atoms with Crippen LogP contribution in [0.2, 0.25) is 0 Å². The Hall–Kier alpha value is -0.620. The lowest BCUT2D eigenvalue weighted by Crippen LogP contribution is -2.40. The fourth-order valence-electron chi connectivity index (χ4n) is 3.10. The molecule has 0 bridgehead atoms. The molecule has 0 amide bonds.